The number of carbonyl (C=O) groups is 2. The van der Waals surface area contributed by atoms with Gasteiger partial charge in [0.2, 0.25) is 11.8 Å². The molecule has 3 rings (SSSR count). The summed E-state index contributed by atoms with van der Waals surface area (Å²) in [5.41, 5.74) is 0.890. The van der Waals surface area contributed by atoms with Crippen LogP contribution >= 0.6 is 0 Å². The Labute approximate surface area is 160 Å². The van der Waals surface area contributed by atoms with Crippen LogP contribution in [0.15, 0.2) is 24.3 Å². The van der Waals surface area contributed by atoms with Crippen molar-refractivity contribution in [2.45, 2.75) is 19.4 Å². The second-order valence-corrected chi connectivity index (χ2v) is 6.92. The van der Waals surface area contributed by atoms with Crippen molar-refractivity contribution in [3.63, 3.8) is 0 Å². The Morgan fingerprint density at radius 2 is 2.04 bits per heavy atom. The Balaban J connectivity index is 1.69. The van der Waals surface area contributed by atoms with Crippen LogP contribution in [0.3, 0.4) is 0 Å². The van der Waals surface area contributed by atoms with Crippen LogP contribution in [-0.2, 0) is 14.3 Å². The second kappa shape index (κ2) is 9.19. The molecule has 1 aromatic rings. The Kier molecular flexibility index (Phi) is 6.68. The third kappa shape index (κ3) is 4.42. The average Bonchev–Trinajstić information content (AvgIpc) is 3.04. The minimum absolute atomic E-state index is 0.0155. The lowest BCUT2D eigenvalue weighted by molar-refractivity contribution is -0.129. The van der Waals surface area contributed by atoms with E-state index in [0.717, 1.165) is 38.4 Å². The number of nitrogens with one attached hydrogen (secondary N) is 1. The fraction of sp³-hybridized carbons (Fsp3) is 0.600. The van der Waals surface area contributed by atoms with Crippen LogP contribution in [0.25, 0.3) is 0 Å². The summed E-state index contributed by atoms with van der Waals surface area (Å²) >= 11 is 0. The van der Waals surface area contributed by atoms with Gasteiger partial charge in [0.1, 0.15) is 5.75 Å². The van der Waals surface area contributed by atoms with Crippen LogP contribution < -0.4 is 10.1 Å². The quantitative estimate of drug-likeness (QED) is 0.771. The molecule has 2 atom stereocenters. The summed E-state index contributed by atoms with van der Waals surface area (Å²) in [6.07, 6.45) is 0.236. The number of carbonyl (C=O) groups excluding carboxylic acids is 2. The molecule has 2 heterocycles. The largest absolute Gasteiger partial charge is 0.496 e. The highest BCUT2D eigenvalue weighted by Gasteiger charge is 2.44. The predicted octanol–water partition coefficient (Wildman–Crippen LogP) is 1.05. The van der Waals surface area contributed by atoms with E-state index in [2.05, 4.69) is 10.2 Å². The SMILES string of the molecule is CCN1C(=O)C[C@@H](C(=O)NCCN2CCOCC2)[C@@H]1c1ccccc1OC. The number of amides is 2. The van der Waals surface area contributed by atoms with Crippen molar-refractivity contribution < 1.29 is 19.1 Å². The third-order valence-electron chi connectivity index (χ3n) is 5.40. The first kappa shape index (κ1) is 19.6. The molecule has 0 radical (unpaired) electrons. The molecule has 0 aliphatic carbocycles. The maximum absolute atomic E-state index is 12.9. The number of ether oxygens (including phenoxy) is 2. The van der Waals surface area contributed by atoms with Crippen LogP contribution in [-0.4, -0.2) is 74.7 Å². The number of benzene rings is 1. The van der Waals surface area contributed by atoms with Crippen molar-refractivity contribution in [2.75, 3.05) is 53.0 Å². The summed E-state index contributed by atoms with van der Waals surface area (Å²) in [5.74, 6) is 0.255. The van der Waals surface area contributed by atoms with Crippen molar-refractivity contribution in [1.82, 2.24) is 15.1 Å². The molecule has 1 aromatic carbocycles. The van der Waals surface area contributed by atoms with Gasteiger partial charge < -0.3 is 19.7 Å². The van der Waals surface area contributed by atoms with Gasteiger partial charge in [-0.05, 0) is 13.0 Å². The number of nitrogens with zero attached hydrogens (tertiary/aromatic N) is 2. The van der Waals surface area contributed by atoms with Crippen molar-refractivity contribution in [2.24, 2.45) is 5.92 Å². The normalized spacial score (nSPS) is 23.5. The first-order chi connectivity index (χ1) is 13.2. The summed E-state index contributed by atoms with van der Waals surface area (Å²) < 4.78 is 10.8. The van der Waals surface area contributed by atoms with Crippen molar-refractivity contribution in [1.29, 1.82) is 0 Å². The van der Waals surface area contributed by atoms with E-state index < -0.39 is 5.92 Å². The van der Waals surface area contributed by atoms with E-state index in [1.54, 1.807) is 12.0 Å². The Morgan fingerprint density at radius 1 is 1.30 bits per heavy atom. The zero-order valence-corrected chi connectivity index (χ0v) is 16.1. The van der Waals surface area contributed by atoms with E-state index in [-0.39, 0.29) is 24.3 Å². The van der Waals surface area contributed by atoms with Crippen LogP contribution in [0, 0.1) is 5.92 Å². The smallest absolute Gasteiger partial charge is 0.226 e. The lowest BCUT2D eigenvalue weighted by atomic mass is 9.92. The molecular weight excluding hydrogens is 346 g/mol. The van der Waals surface area contributed by atoms with E-state index in [4.69, 9.17) is 9.47 Å². The van der Waals surface area contributed by atoms with Gasteiger partial charge in [-0.25, -0.2) is 0 Å². The van der Waals surface area contributed by atoms with E-state index >= 15 is 0 Å². The van der Waals surface area contributed by atoms with E-state index in [1.807, 2.05) is 31.2 Å². The summed E-state index contributed by atoms with van der Waals surface area (Å²) in [7, 11) is 1.61. The van der Waals surface area contributed by atoms with Gasteiger partial charge in [0, 0.05) is 44.7 Å². The zero-order chi connectivity index (χ0) is 19.2. The molecule has 0 bridgehead atoms. The number of methoxy groups -OCH3 is 1. The Hall–Kier alpha value is -2.12. The minimum Gasteiger partial charge on any atom is -0.496 e. The second-order valence-electron chi connectivity index (χ2n) is 6.92. The molecule has 2 saturated heterocycles. The molecule has 148 valence electrons. The average molecular weight is 375 g/mol. The van der Waals surface area contributed by atoms with Crippen molar-refractivity contribution in [3.05, 3.63) is 29.8 Å². The Bertz CT molecular complexity index is 660. The fourth-order valence-electron chi connectivity index (χ4n) is 3.99. The highest BCUT2D eigenvalue weighted by molar-refractivity contribution is 5.90. The Morgan fingerprint density at radius 3 is 2.74 bits per heavy atom. The molecule has 0 spiro atoms. The number of morpholine rings is 1. The molecular formula is C20H29N3O4. The molecule has 2 aliphatic rings. The van der Waals surface area contributed by atoms with Gasteiger partial charge in [0.15, 0.2) is 0 Å². The molecule has 0 saturated carbocycles. The van der Waals surface area contributed by atoms with Crippen LogP contribution in [0.1, 0.15) is 24.9 Å². The minimum atomic E-state index is -0.404. The lowest BCUT2D eigenvalue weighted by Gasteiger charge is -2.29. The molecule has 7 heteroatoms. The highest BCUT2D eigenvalue weighted by Crippen LogP contribution is 2.41. The topological polar surface area (TPSA) is 71.1 Å². The number of para-hydroxylation sites is 1. The first-order valence-corrected chi connectivity index (χ1v) is 9.66. The molecule has 7 nitrogen and oxygen atoms in total. The van der Waals surface area contributed by atoms with Gasteiger partial charge >= 0.3 is 0 Å². The summed E-state index contributed by atoms with van der Waals surface area (Å²) in [5, 5.41) is 3.03. The molecule has 27 heavy (non-hydrogen) atoms. The zero-order valence-electron chi connectivity index (χ0n) is 16.1. The van der Waals surface area contributed by atoms with E-state index in [9.17, 15) is 9.59 Å². The maximum Gasteiger partial charge on any atom is 0.226 e. The van der Waals surface area contributed by atoms with Gasteiger partial charge in [0.05, 0.1) is 32.3 Å². The van der Waals surface area contributed by atoms with Gasteiger partial charge in [-0.3, -0.25) is 14.5 Å². The summed E-state index contributed by atoms with van der Waals surface area (Å²) in [4.78, 5) is 29.5. The van der Waals surface area contributed by atoms with Gasteiger partial charge in [-0.2, -0.15) is 0 Å². The molecule has 2 amide bonds. The molecule has 0 unspecified atom stereocenters. The number of hydrogen-bond donors (Lipinski definition) is 1. The van der Waals surface area contributed by atoms with E-state index in [1.165, 1.54) is 0 Å². The van der Waals surface area contributed by atoms with Crippen LogP contribution in [0.5, 0.6) is 5.75 Å². The maximum atomic E-state index is 12.9. The number of likely N-dealkylation sites (tertiary alicyclic amines) is 1. The highest BCUT2D eigenvalue weighted by atomic mass is 16.5. The van der Waals surface area contributed by atoms with Gasteiger partial charge in [-0.15, -0.1) is 0 Å². The van der Waals surface area contributed by atoms with Crippen LogP contribution in [0.2, 0.25) is 0 Å². The number of hydrogen-bond acceptors (Lipinski definition) is 5. The third-order valence-corrected chi connectivity index (χ3v) is 5.40. The number of rotatable bonds is 7. The lowest BCUT2D eigenvalue weighted by Crippen LogP contribution is -2.43. The predicted molar refractivity (Wildman–Crippen MR) is 101 cm³/mol. The standard InChI is InChI=1S/C20H29N3O4/c1-3-23-18(24)14-16(19(23)15-6-4-5-7-17(15)26-2)20(25)21-8-9-22-10-12-27-13-11-22/h4-7,16,19H,3,8-14H2,1-2H3,(H,21,25)/t16-,19+/m1/s1. The summed E-state index contributed by atoms with van der Waals surface area (Å²) in [6, 6.07) is 7.34. The van der Waals surface area contributed by atoms with Gasteiger partial charge in [0.25, 0.3) is 0 Å². The van der Waals surface area contributed by atoms with Crippen LogP contribution in [0.4, 0.5) is 0 Å². The van der Waals surface area contributed by atoms with Gasteiger partial charge in [-0.1, -0.05) is 18.2 Å². The molecule has 2 fully saturated rings. The summed E-state index contributed by atoms with van der Waals surface area (Å²) in [6.45, 7) is 7.16. The monoisotopic (exact) mass is 375 g/mol. The fourth-order valence-corrected chi connectivity index (χ4v) is 3.99. The molecule has 2 aliphatic heterocycles. The van der Waals surface area contributed by atoms with Crippen molar-refractivity contribution >= 4 is 11.8 Å². The first-order valence-electron chi connectivity index (χ1n) is 9.66. The molecule has 0 aromatic heterocycles. The molecule has 1 N–H and O–H groups in total. The van der Waals surface area contributed by atoms with E-state index in [0.29, 0.717) is 18.8 Å². The van der Waals surface area contributed by atoms with Crippen molar-refractivity contribution in [3.8, 4) is 5.75 Å².